The molecule has 0 aromatic heterocycles. The number of carbonyl (C=O) groups is 1. The highest BCUT2D eigenvalue weighted by atomic mass is 16.5. The number of hydrogen-bond acceptors (Lipinski definition) is 2. The molecule has 1 aromatic rings. The van der Waals surface area contributed by atoms with Crippen LogP contribution in [0.1, 0.15) is 44.6 Å². The van der Waals surface area contributed by atoms with E-state index >= 15 is 0 Å². The molecular formula is C15H20O2. The molecule has 1 aliphatic rings. The number of rotatable bonds is 4. The Morgan fingerprint density at radius 3 is 2.47 bits per heavy atom. The van der Waals surface area contributed by atoms with Crippen molar-refractivity contribution in [2.75, 3.05) is 6.61 Å². The zero-order valence-corrected chi connectivity index (χ0v) is 10.4. The molecule has 0 saturated heterocycles. The van der Waals surface area contributed by atoms with Gasteiger partial charge in [0.2, 0.25) is 0 Å². The molecule has 2 rings (SSSR count). The maximum Gasteiger partial charge on any atom is 0.316 e. The Morgan fingerprint density at radius 2 is 1.88 bits per heavy atom. The second-order valence-electron chi connectivity index (χ2n) is 4.79. The first-order chi connectivity index (χ1) is 8.29. The lowest BCUT2D eigenvalue weighted by Crippen LogP contribution is -2.34. The van der Waals surface area contributed by atoms with E-state index in [4.69, 9.17) is 4.74 Å². The predicted molar refractivity (Wildman–Crippen MR) is 67.8 cm³/mol. The predicted octanol–water partition coefficient (Wildman–Crippen LogP) is 3.45. The number of esters is 1. The van der Waals surface area contributed by atoms with E-state index in [1.807, 2.05) is 25.1 Å². The van der Waals surface area contributed by atoms with Crippen molar-refractivity contribution in [3.8, 4) is 0 Å². The van der Waals surface area contributed by atoms with E-state index in [1.165, 1.54) is 0 Å². The molecule has 0 N–H and O–H groups in total. The van der Waals surface area contributed by atoms with Crippen molar-refractivity contribution in [1.29, 1.82) is 0 Å². The molecule has 0 unspecified atom stereocenters. The molecule has 0 amide bonds. The normalized spacial score (nSPS) is 17.9. The molecule has 1 aliphatic carbocycles. The third kappa shape index (κ3) is 2.36. The SMILES string of the molecule is CCCOC(=O)C1(c2ccccc2)CCCC1. The first-order valence-electron chi connectivity index (χ1n) is 6.52. The van der Waals surface area contributed by atoms with Crippen LogP contribution in [0.2, 0.25) is 0 Å². The Morgan fingerprint density at radius 1 is 1.24 bits per heavy atom. The third-order valence-electron chi connectivity index (χ3n) is 3.61. The fraction of sp³-hybridized carbons (Fsp3) is 0.533. The Bertz CT molecular complexity index is 364. The molecular weight excluding hydrogens is 212 g/mol. The minimum absolute atomic E-state index is 0.0250. The molecule has 0 radical (unpaired) electrons. The standard InChI is InChI=1S/C15H20O2/c1-2-12-17-14(16)15(10-6-7-11-15)13-8-4-3-5-9-13/h3-5,8-9H,2,6-7,10-12H2,1H3. The van der Waals surface area contributed by atoms with E-state index in [2.05, 4.69) is 12.1 Å². The Balaban J connectivity index is 2.24. The largest absolute Gasteiger partial charge is 0.465 e. The van der Waals surface area contributed by atoms with Crippen molar-refractivity contribution in [3.05, 3.63) is 35.9 Å². The van der Waals surface area contributed by atoms with Gasteiger partial charge in [-0.05, 0) is 24.8 Å². The lowest BCUT2D eigenvalue weighted by atomic mass is 9.79. The van der Waals surface area contributed by atoms with Gasteiger partial charge >= 0.3 is 5.97 Å². The van der Waals surface area contributed by atoms with Crippen molar-refractivity contribution in [3.63, 3.8) is 0 Å². The van der Waals surface area contributed by atoms with Crippen molar-refractivity contribution < 1.29 is 9.53 Å². The minimum Gasteiger partial charge on any atom is -0.465 e. The number of hydrogen-bond donors (Lipinski definition) is 0. The van der Waals surface area contributed by atoms with E-state index in [9.17, 15) is 4.79 Å². The summed E-state index contributed by atoms with van der Waals surface area (Å²) in [6, 6.07) is 10.1. The van der Waals surface area contributed by atoms with Crippen LogP contribution >= 0.6 is 0 Å². The molecule has 2 heteroatoms. The van der Waals surface area contributed by atoms with Crippen molar-refractivity contribution in [2.24, 2.45) is 0 Å². The summed E-state index contributed by atoms with van der Waals surface area (Å²) < 4.78 is 5.39. The van der Waals surface area contributed by atoms with Crippen LogP contribution in [0.3, 0.4) is 0 Å². The van der Waals surface area contributed by atoms with Gasteiger partial charge in [0.05, 0.1) is 12.0 Å². The molecule has 0 aliphatic heterocycles. The van der Waals surface area contributed by atoms with Crippen LogP contribution in [0.15, 0.2) is 30.3 Å². The quantitative estimate of drug-likeness (QED) is 0.743. The van der Waals surface area contributed by atoms with Gasteiger partial charge in [0.15, 0.2) is 0 Å². The first-order valence-corrected chi connectivity index (χ1v) is 6.52. The topological polar surface area (TPSA) is 26.3 Å². The van der Waals surface area contributed by atoms with Crippen LogP contribution in [0.5, 0.6) is 0 Å². The van der Waals surface area contributed by atoms with E-state index in [1.54, 1.807) is 0 Å². The second kappa shape index (κ2) is 5.35. The molecule has 0 bridgehead atoms. The van der Waals surface area contributed by atoms with Gasteiger partial charge in [-0.1, -0.05) is 50.1 Å². The van der Waals surface area contributed by atoms with Crippen LogP contribution in [0.25, 0.3) is 0 Å². The van der Waals surface area contributed by atoms with Crippen molar-refractivity contribution in [1.82, 2.24) is 0 Å². The molecule has 0 atom stereocenters. The lowest BCUT2D eigenvalue weighted by molar-refractivity contribution is -0.150. The summed E-state index contributed by atoms with van der Waals surface area (Å²) in [7, 11) is 0. The van der Waals surface area contributed by atoms with Gasteiger partial charge in [-0.15, -0.1) is 0 Å². The van der Waals surface area contributed by atoms with Gasteiger partial charge in [0.1, 0.15) is 0 Å². The van der Waals surface area contributed by atoms with Crippen LogP contribution in [-0.2, 0) is 14.9 Å². The van der Waals surface area contributed by atoms with Gasteiger partial charge < -0.3 is 4.74 Å². The second-order valence-corrected chi connectivity index (χ2v) is 4.79. The molecule has 17 heavy (non-hydrogen) atoms. The van der Waals surface area contributed by atoms with E-state index in [0.717, 1.165) is 37.7 Å². The highest BCUT2D eigenvalue weighted by Gasteiger charge is 2.43. The van der Waals surface area contributed by atoms with Crippen LogP contribution in [-0.4, -0.2) is 12.6 Å². The monoisotopic (exact) mass is 232 g/mol. The summed E-state index contributed by atoms with van der Waals surface area (Å²) in [5.74, 6) is -0.0250. The van der Waals surface area contributed by atoms with Crippen LogP contribution in [0.4, 0.5) is 0 Å². The zero-order valence-electron chi connectivity index (χ0n) is 10.4. The smallest absolute Gasteiger partial charge is 0.316 e. The third-order valence-corrected chi connectivity index (χ3v) is 3.61. The first kappa shape index (κ1) is 12.2. The van der Waals surface area contributed by atoms with E-state index in [-0.39, 0.29) is 11.4 Å². The molecule has 1 saturated carbocycles. The average molecular weight is 232 g/mol. The zero-order chi connectivity index (χ0) is 12.1. The molecule has 2 nitrogen and oxygen atoms in total. The van der Waals surface area contributed by atoms with Crippen molar-refractivity contribution in [2.45, 2.75) is 44.4 Å². The van der Waals surface area contributed by atoms with Gasteiger partial charge in [0, 0.05) is 0 Å². The fourth-order valence-corrected chi connectivity index (χ4v) is 2.68. The summed E-state index contributed by atoms with van der Waals surface area (Å²) in [4.78, 5) is 12.3. The fourth-order valence-electron chi connectivity index (χ4n) is 2.68. The molecule has 1 fully saturated rings. The maximum absolute atomic E-state index is 12.3. The Kier molecular flexibility index (Phi) is 3.82. The lowest BCUT2D eigenvalue weighted by Gasteiger charge is -2.27. The number of benzene rings is 1. The van der Waals surface area contributed by atoms with Crippen LogP contribution in [0, 0.1) is 0 Å². The van der Waals surface area contributed by atoms with Gasteiger partial charge in [-0.25, -0.2) is 0 Å². The molecule has 0 heterocycles. The number of ether oxygens (including phenoxy) is 1. The highest BCUT2D eigenvalue weighted by Crippen LogP contribution is 2.42. The minimum atomic E-state index is -0.365. The average Bonchev–Trinajstić information content (AvgIpc) is 2.87. The van der Waals surface area contributed by atoms with Crippen molar-refractivity contribution >= 4 is 5.97 Å². The molecule has 92 valence electrons. The van der Waals surface area contributed by atoms with Gasteiger partial charge in [-0.3, -0.25) is 4.79 Å². The maximum atomic E-state index is 12.3. The summed E-state index contributed by atoms with van der Waals surface area (Å²) in [6.07, 6.45) is 4.99. The summed E-state index contributed by atoms with van der Waals surface area (Å²) in [5.41, 5.74) is 0.759. The number of carbonyl (C=O) groups excluding carboxylic acids is 1. The molecule has 0 spiro atoms. The molecule has 1 aromatic carbocycles. The van der Waals surface area contributed by atoms with Gasteiger partial charge in [-0.2, -0.15) is 0 Å². The Hall–Kier alpha value is -1.31. The van der Waals surface area contributed by atoms with E-state index < -0.39 is 0 Å². The summed E-state index contributed by atoms with van der Waals surface area (Å²) in [5, 5.41) is 0. The van der Waals surface area contributed by atoms with Crippen LogP contribution < -0.4 is 0 Å². The summed E-state index contributed by atoms with van der Waals surface area (Å²) in [6.45, 7) is 2.56. The Labute approximate surface area is 103 Å². The highest BCUT2D eigenvalue weighted by molar-refractivity contribution is 5.83. The van der Waals surface area contributed by atoms with Gasteiger partial charge in [0.25, 0.3) is 0 Å². The summed E-state index contributed by atoms with van der Waals surface area (Å²) >= 11 is 0. The van der Waals surface area contributed by atoms with E-state index in [0.29, 0.717) is 6.61 Å².